The van der Waals surface area contributed by atoms with E-state index in [1.807, 2.05) is 13.0 Å². The number of hydrogen-bond acceptors (Lipinski definition) is 4. The molecule has 1 amide bonds. The van der Waals surface area contributed by atoms with Gasteiger partial charge in [-0.3, -0.25) is 4.79 Å². The Bertz CT molecular complexity index is 1330. The third-order valence-corrected chi connectivity index (χ3v) is 7.78. The van der Waals surface area contributed by atoms with E-state index in [-0.39, 0.29) is 19.1 Å². The summed E-state index contributed by atoms with van der Waals surface area (Å²) in [5.41, 5.74) is 3.02. The van der Waals surface area contributed by atoms with Crippen LogP contribution in [0, 0.1) is 0 Å². The molecule has 3 N–H and O–H groups in total. The van der Waals surface area contributed by atoms with Crippen molar-refractivity contribution in [2.75, 3.05) is 13.1 Å². The van der Waals surface area contributed by atoms with Gasteiger partial charge in [0.2, 0.25) is 5.60 Å². The molecule has 3 aromatic rings. The number of aryl methyl sites for hydroxylation is 1. The van der Waals surface area contributed by atoms with Gasteiger partial charge in [0.1, 0.15) is 10.8 Å². The molecule has 0 aliphatic carbocycles. The molecule has 4 heterocycles. The molecule has 5 rings (SSSR count). The monoisotopic (exact) mass is 520 g/mol. The number of nitrogens with one attached hydrogen (secondary N) is 2. The largest absolute Gasteiger partial charge is 0.426 e. The highest BCUT2D eigenvalue weighted by Gasteiger charge is 2.57. The van der Waals surface area contributed by atoms with E-state index in [2.05, 4.69) is 27.4 Å². The first kappa shape index (κ1) is 25.0. The van der Waals surface area contributed by atoms with Crippen molar-refractivity contribution in [1.29, 1.82) is 0 Å². The lowest BCUT2D eigenvalue weighted by Gasteiger charge is -2.36. The summed E-state index contributed by atoms with van der Waals surface area (Å²) in [6, 6.07) is 6.21. The number of pyridine rings is 1. The number of aliphatic hydroxyl groups is 1. The second kappa shape index (κ2) is 9.04. The molecule has 0 saturated carbocycles. The maximum Gasteiger partial charge on any atom is 0.426 e. The molecule has 2 aliphatic heterocycles. The number of carbonyl (C=O) groups is 1. The number of amides is 1. The zero-order valence-corrected chi connectivity index (χ0v) is 20.9. The molecular formula is C26H28ClF3N4O2. The lowest BCUT2D eigenvalue weighted by molar-refractivity contribution is -0.250. The summed E-state index contributed by atoms with van der Waals surface area (Å²) in [7, 11) is 0. The normalized spacial score (nSPS) is 20.0. The molecule has 0 unspecified atom stereocenters. The Kier molecular flexibility index (Phi) is 6.29. The lowest BCUT2D eigenvalue weighted by atomic mass is 9.86. The number of hydrogen-bond donors (Lipinski definition) is 3. The number of H-pyrrole nitrogens is 1. The third kappa shape index (κ3) is 4.17. The fourth-order valence-corrected chi connectivity index (χ4v) is 5.65. The Morgan fingerprint density at radius 1 is 1.28 bits per heavy atom. The Morgan fingerprint density at radius 3 is 2.72 bits per heavy atom. The minimum Gasteiger partial charge on any atom is -0.373 e. The quantitative estimate of drug-likeness (QED) is 0.449. The number of nitrogens with zero attached hydrogens (tertiary/aromatic N) is 2. The summed E-state index contributed by atoms with van der Waals surface area (Å²) in [5, 5.41) is 15.0. The van der Waals surface area contributed by atoms with Crippen molar-refractivity contribution in [3.8, 4) is 11.1 Å². The summed E-state index contributed by atoms with van der Waals surface area (Å²) in [4.78, 5) is 21.5. The van der Waals surface area contributed by atoms with Crippen molar-refractivity contribution in [2.24, 2.45) is 0 Å². The first-order valence-corrected chi connectivity index (χ1v) is 12.5. The molecule has 2 aromatic heterocycles. The zero-order valence-electron chi connectivity index (χ0n) is 20.1. The molecule has 1 aromatic carbocycles. The number of rotatable bonds is 4. The molecule has 1 saturated heterocycles. The van der Waals surface area contributed by atoms with Crippen LogP contribution in [-0.2, 0) is 24.2 Å². The minimum absolute atomic E-state index is 0.0267. The average Bonchev–Trinajstić information content (AvgIpc) is 3.48. The number of aromatic nitrogens is 2. The molecule has 2 atom stereocenters. The highest BCUT2D eigenvalue weighted by Crippen LogP contribution is 2.38. The lowest BCUT2D eigenvalue weighted by Crippen LogP contribution is -2.56. The Hall–Kier alpha value is -2.62. The Balaban J connectivity index is 1.56. The average molecular weight is 521 g/mol. The minimum atomic E-state index is -5.05. The smallest absolute Gasteiger partial charge is 0.373 e. The fourth-order valence-electron chi connectivity index (χ4n) is 5.32. The number of halogens is 4. The maximum atomic E-state index is 13.3. The van der Waals surface area contributed by atoms with Crippen LogP contribution in [0.1, 0.15) is 55.0 Å². The van der Waals surface area contributed by atoms with E-state index in [0.717, 1.165) is 75.1 Å². The summed E-state index contributed by atoms with van der Waals surface area (Å²) >= 11 is 6.35. The van der Waals surface area contributed by atoms with E-state index in [1.54, 1.807) is 6.20 Å². The Labute approximate surface area is 211 Å². The van der Waals surface area contributed by atoms with E-state index in [1.165, 1.54) is 0 Å². The molecule has 0 spiro atoms. The predicted octanol–water partition coefficient (Wildman–Crippen LogP) is 5.07. The standard InChI is InChI=1S/C26H28ClF3N4O2/c1-3-17-19-11-16(12-32-23(19)33-22(17)27)15-9-14-6-8-34(24(35)25(2,36)26(28,29)30)13-20(14)18(10-15)21-5-4-7-31-21/h9-12,21,31,36H,3-8,13H2,1-2H3,(H,32,33)/t21-,25-/m0/s1. The first-order chi connectivity index (χ1) is 17.0. The SMILES string of the molecule is CCc1c(Cl)[nH]c2ncc(-c3cc4c(c([C@@H]5CCCN5)c3)CN(C(=O)[C@](C)(O)C(F)(F)F)CC4)cc12. The van der Waals surface area contributed by atoms with Crippen molar-refractivity contribution in [1.82, 2.24) is 20.2 Å². The van der Waals surface area contributed by atoms with Gasteiger partial charge in [-0.05, 0) is 79.1 Å². The van der Waals surface area contributed by atoms with Crippen LogP contribution < -0.4 is 5.32 Å². The summed E-state index contributed by atoms with van der Waals surface area (Å²) in [5.74, 6) is -1.32. The molecule has 2 aliphatic rings. The van der Waals surface area contributed by atoms with Gasteiger partial charge in [0.25, 0.3) is 5.91 Å². The molecule has 1 fully saturated rings. The van der Waals surface area contributed by atoms with Crippen molar-refractivity contribution in [3.05, 3.63) is 51.8 Å². The number of benzene rings is 1. The highest BCUT2D eigenvalue weighted by atomic mass is 35.5. The molecule has 6 nitrogen and oxygen atoms in total. The van der Waals surface area contributed by atoms with Gasteiger partial charge < -0.3 is 20.3 Å². The van der Waals surface area contributed by atoms with Gasteiger partial charge in [0.05, 0.1) is 0 Å². The van der Waals surface area contributed by atoms with Gasteiger partial charge in [-0.2, -0.15) is 13.2 Å². The van der Waals surface area contributed by atoms with Crippen LogP contribution in [0.5, 0.6) is 0 Å². The van der Waals surface area contributed by atoms with Gasteiger partial charge in [0, 0.05) is 36.3 Å². The fraction of sp³-hybridized carbons (Fsp3) is 0.462. The number of fused-ring (bicyclic) bond motifs is 2. The van der Waals surface area contributed by atoms with Crippen LogP contribution in [0.4, 0.5) is 13.2 Å². The van der Waals surface area contributed by atoms with Crippen LogP contribution in [-0.4, -0.2) is 50.7 Å². The van der Waals surface area contributed by atoms with Gasteiger partial charge in [-0.25, -0.2) is 4.98 Å². The van der Waals surface area contributed by atoms with Crippen LogP contribution in [0.25, 0.3) is 22.2 Å². The van der Waals surface area contributed by atoms with E-state index < -0.39 is 17.7 Å². The summed E-state index contributed by atoms with van der Waals surface area (Å²) < 4.78 is 40.0. The van der Waals surface area contributed by atoms with E-state index in [0.29, 0.717) is 18.5 Å². The molecular weight excluding hydrogens is 493 g/mol. The van der Waals surface area contributed by atoms with Crippen molar-refractivity contribution < 1.29 is 23.1 Å². The van der Waals surface area contributed by atoms with Crippen molar-refractivity contribution in [3.63, 3.8) is 0 Å². The van der Waals surface area contributed by atoms with Crippen LogP contribution in [0.3, 0.4) is 0 Å². The predicted molar refractivity (Wildman–Crippen MR) is 132 cm³/mol. The van der Waals surface area contributed by atoms with E-state index in [4.69, 9.17) is 11.6 Å². The van der Waals surface area contributed by atoms with Crippen LogP contribution in [0.15, 0.2) is 24.4 Å². The van der Waals surface area contributed by atoms with Gasteiger partial charge in [-0.15, -0.1) is 0 Å². The summed E-state index contributed by atoms with van der Waals surface area (Å²) in [6.45, 7) is 3.54. The van der Waals surface area contributed by atoms with Crippen molar-refractivity contribution in [2.45, 2.75) is 63.9 Å². The molecule has 0 radical (unpaired) electrons. The van der Waals surface area contributed by atoms with Gasteiger partial charge in [-0.1, -0.05) is 24.6 Å². The second-order valence-electron chi connectivity index (χ2n) is 9.79. The maximum absolute atomic E-state index is 13.3. The van der Waals surface area contributed by atoms with Crippen molar-refractivity contribution >= 4 is 28.5 Å². The molecule has 36 heavy (non-hydrogen) atoms. The van der Waals surface area contributed by atoms with Gasteiger partial charge >= 0.3 is 6.18 Å². The molecule has 0 bridgehead atoms. The third-order valence-electron chi connectivity index (χ3n) is 7.46. The zero-order chi connectivity index (χ0) is 25.8. The highest BCUT2D eigenvalue weighted by molar-refractivity contribution is 6.31. The summed E-state index contributed by atoms with van der Waals surface area (Å²) in [6.07, 6.45) is -0.208. The van der Waals surface area contributed by atoms with Gasteiger partial charge in [0.15, 0.2) is 0 Å². The molecule has 10 heteroatoms. The number of alkyl halides is 3. The van der Waals surface area contributed by atoms with Crippen LogP contribution in [0.2, 0.25) is 5.15 Å². The number of carbonyl (C=O) groups excluding carboxylic acids is 1. The first-order valence-electron chi connectivity index (χ1n) is 12.1. The second-order valence-corrected chi connectivity index (χ2v) is 10.2. The van der Waals surface area contributed by atoms with Crippen LogP contribution >= 0.6 is 11.6 Å². The topological polar surface area (TPSA) is 81.2 Å². The number of aromatic amines is 1. The van der Waals surface area contributed by atoms with E-state index in [9.17, 15) is 23.1 Å². The molecule has 192 valence electrons. The van der Waals surface area contributed by atoms with E-state index >= 15 is 0 Å². The Morgan fingerprint density at radius 2 is 2.06 bits per heavy atom.